The first-order chi connectivity index (χ1) is 11.3. The highest BCUT2D eigenvalue weighted by atomic mass is 16.5. The van der Waals surface area contributed by atoms with Gasteiger partial charge in [-0.3, -0.25) is 14.9 Å². The molecule has 0 saturated carbocycles. The van der Waals surface area contributed by atoms with E-state index in [9.17, 15) is 4.79 Å². The van der Waals surface area contributed by atoms with E-state index in [2.05, 4.69) is 15.2 Å². The van der Waals surface area contributed by atoms with Crippen LogP contribution in [0.5, 0.6) is 5.75 Å². The lowest BCUT2D eigenvalue weighted by atomic mass is 9.81. The third-order valence-corrected chi connectivity index (χ3v) is 4.62. The molecule has 0 bridgehead atoms. The predicted octanol–water partition coefficient (Wildman–Crippen LogP) is 1.11. The van der Waals surface area contributed by atoms with Gasteiger partial charge in [-0.15, -0.1) is 0 Å². The van der Waals surface area contributed by atoms with Crippen molar-refractivity contribution in [2.45, 2.75) is 12.0 Å². The van der Waals surface area contributed by atoms with Crippen molar-refractivity contribution in [3.63, 3.8) is 0 Å². The summed E-state index contributed by atoms with van der Waals surface area (Å²) < 4.78 is 11.8. The Bertz CT molecular complexity index is 668. The van der Waals surface area contributed by atoms with Gasteiger partial charge in [0.05, 0.1) is 25.9 Å². The number of hydrogen-bond donors (Lipinski definition) is 1. The standard InChI is InChI=1S/C16H18N4O3/c21-15(14-3-6-18-19-14)20-10-16(11-20)12(4-7-23-16)9-22-13-2-1-5-17-8-13/h1-3,5-6,8,12H,4,7,9-11H2,(H,18,19)/t12-/m0/s1. The van der Waals surface area contributed by atoms with Gasteiger partial charge in [-0.05, 0) is 24.6 Å². The summed E-state index contributed by atoms with van der Waals surface area (Å²) >= 11 is 0. The number of nitrogens with zero attached hydrogens (tertiary/aromatic N) is 3. The Morgan fingerprint density at radius 3 is 3.09 bits per heavy atom. The Balaban J connectivity index is 1.36. The van der Waals surface area contributed by atoms with E-state index >= 15 is 0 Å². The van der Waals surface area contributed by atoms with Crippen LogP contribution < -0.4 is 4.74 Å². The van der Waals surface area contributed by atoms with Crippen LogP contribution in [-0.4, -0.2) is 57.9 Å². The van der Waals surface area contributed by atoms with Crippen LogP contribution in [0.4, 0.5) is 0 Å². The number of ether oxygens (including phenoxy) is 2. The van der Waals surface area contributed by atoms with E-state index in [0.29, 0.717) is 32.0 Å². The summed E-state index contributed by atoms with van der Waals surface area (Å²) in [6, 6.07) is 5.43. The maximum absolute atomic E-state index is 12.3. The number of hydrogen-bond acceptors (Lipinski definition) is 5. The molecule has 4 heterocycles. The molecule has 7 heteroatoms. The second-order valence-electron chi connectivity index (χ2n) is 6.03. The minimum absolute atomic E-state index is 0.0319. The minimum Gasteiger partial charge on any atom is -0.492 e. The fourth-order valence-corrected chi connectivity index (χ4v) is 3.29. The quantitative estimate of drug-likeness (QED) is 0.914. The van der Waals surface area contributed by atoms with Gasteiger partial charge < -0.3 is 14.4 Å². The summed E-state index contributed by atoms with van der Waals surface area (Å²) in [7, 11) is 0. The second kappa shape index (κ2) is 5.66. The van der Waals surface area contributed by atoms with Gasteiger partial charge in [-0.25, -0.2) is 0 Å². The van der Waals surface area contributed by atoms with E-state index in [1.54, 1.807) is 29.6 Å². The molecule has 0 aromatic carbocycles. The summed E-state index contributed by atoms with van der Waals surface area (Å²) in [6.45, 7) is 2.50. The van der Waals surface area contributed by atoms with Crippen LogP contribution >= 0.6 is 0 Å². The molecule has 2 aromatic heterocycles. The van der Waals surface area contributed by atoms with Crippen molar-refractivity contribution in [1.29, 1.82) is 0 Å². The molecule has 2 aliphatic heterocycles. The Kier molecular flexibility index (Phi) is 3.49. The first-order valence-corrected chi connectivity index (χ1v) is 7.72. The topological polar surface area (TPSA) is 80.3 Å². The highest BCUT2D eigenvalue weighted by Crippen LogP contribution is 2.40. The van der Waals surface area contributed by atoms with E-state index in [1.165, 1.54) is 0 Å². The second-order valence-corrected chi connectivity index (χ2v) is 6.03. The molecule has 1 N–H and O–H groups in total. The zero-order valence-electron chi connectivity index (χ0n) is 12.6. The zero-order chi connectivity index (χ0) is 15.7. The van der Waals surface area contributed by atoms with Gasteiger partial charge in [0.15, 0.2) is 0 Å². The molecule has 23 heavy (non-hydrogen) atoms. The smallest absolute Gasteiger partial charge is 0.272 e. The number of aromatic amines is 1. The van der Waals surface area contributed by atoms with Gasteiger partial charge in [-0.1, -0.05) is 0 Å². The minimum atomic E-state index is -0.266. The van der Waals surface area contributed by atoms with Gasteiger partial charge >= 0.3 is 0 Å². The van der Waals surface area contributed by atoms with E-state index in [1.807, 2.05) is 12.1 Å². The Hall–Kier alpha value is -2.41. The Labute approximate surface area is 133 Å². The van der Waals surface area contributed by atoms with Crippen LogP contribution in [0.1, 0.15) is 16.9 Å². The Morgan fingerprint density at radius 2 is 2.35 bits per heavy atom. The summed E-state index contributed by atoms with van der Waals surface area (Å²) in [5, 5.41) is 6.53. The molecule has 4 rings (SSSR count). The number of rotatable bonds is 4. The Morgan fingerprint density at radius 1 is 1.43 bits per heavy atom. The van der Waals surface area contributed by atoms with Crippen LogP contribution in [0.3, 0.4) is 0 Å². The number of H-pyrrole nitrogens is 1. The van der Waals surface area contributed by atoms with Gasteiger partial charge in [0.2, 0.25) is 0 Å². The number of amides is 1. The van der Waals surface area contributed by atoms with Crippen LogP contribution in [-0.2, 0) is 4.74 Å². The van der Waals surface area contributed by atoms with Gasteiger partial charge in [0.1, 0.15) is 17.0 Å². The van der Waals surface area contributed by atoms with E-state index < -0.39 is 0 Å². The first kappa shape index (κ1) is 14.2. The molecule has 120 valence electrons. The van der Waals surface area contributed by atoms with E-state index in [0.717, 1.165) is 12.2 Å². The average molecular weight is 314 g/mol. The average Bonchev–Trinajstić information content (AvgIpc) is 3.21. The fourth-order valence-electron chi connectivity index (χ4n) is 3.29. The molecule has 1 spiro atoms. The van der Waals surface area contributed by atoms with Crippen molar-refractivity contribution in [1.82, 2.24) is 20.1 Å². The highest BCUT2D eigenvalue weighted by Gasteiger charge is 2.54. The monoisotopic (exact) mass is 314 g/mol. The van der Waals surface area contributed by atoms with Crippen LogP contribution in [0.15, 0.2) is 36.8 Å². The van der Waals surface area contributed by atoms with Gasteiger partial charge in [0.25, 0.3) is 5.91 Å². The fraction of sp³-hybridized carbons (Fsp3) is 0.438. The third-order valence-electron chi connectivity index (χ3n) is 4.62. The number of likely N-dealkylation sites (tertiary alicyclic amines) is 1. The molecule has 0 aliphatic carbocycles. The molecular formula is C16H18N4O3. The summed E-state index contributed by atoms with van der Waals surface area (Å²) in [5.41, 5.74) is 0.249. The van der Waals surface area contributed by atoms with Gasteiger partial charge in [0, 0.05) is 24.9 Å². The molecule has 2 aromatic rings. The lowest BCUT2D eigenvalue weighted by Crippen LogP contribution is -2.66. The maximum Gasteiger partial charge on any atom is 0.272 e. The van der Waals surface area contributed by atoms with Crippen molar-refractivity contribution in [2.75, 3.05) is 26.3 Å². The molecule has 2 fully saturated rings. The molecule has 2 saturated heterocycles. The number of pyridine rings is 1. The van der Waals surface area contributed by atoms with Crippen LogP contribution in [0.2, 0.25) is 0 Å². The molecule has 1 atom stereocenters. The van der Waals surface area contributed by atoms with Crippen LogP contribution in [0, 0.1) is 5.92 Å². The molecule has 1 amide bonds. The molecule has 0 unspecified atom stereocenters. The van der Waals surface area contributed by atoms with Crippen molar-refractivity contribution >= 4 is 5.91 Å². The zero-order valence-corrected chi connectivity index (χ0v) is 12.6. The maximum atomic E-state index is 12.3. The summed E-state index contributed by atoms with van der Waals surface area (Å²) in [4.78, 5) is 18.1. The molecule has 2 aliphatic rings. The van der Waals surface area contributed by atoms with Crippen molar-refractivity contribution in [3.05, 3.63) is 42.5 Å². The van der Waals surface area contributed by atoms with Crippen molar-refractivity contribution < 1.29 is 14.3 Å². The lowest BCUT2D eigenvalue weighted by molar-refractivity contribution is -0.122. The molecule has 0 radical (unpaired) electrons. The van der Waals surface area contributed by atoms with E-state index in [4.69, 9.17) is 9.47 Å². The number of nitrogens with one attached hydrogen (secondary N) is 1. The summed E-state index contributed by atoms with van der Waals surface area (Å²) in [5.74, 6) is 1.02. The lowest BCUT2D eigenvalue weighted by Gasteiger charge is -2.49. The normalized spacial score (nSPS) is 22.1. The number of aromatic nitrogens is 3. The number of carbonyl (C=O) groups excluding carboxylic acids is 1. The third kappa shape index (κ3) is 2.57. The molecule has 7 nitrogen and oxygen atoms in total. The number of carbonyl (C=O) groups is 1. The summed E-state index contributed by atoms with van der Waals surface area (Å²) in [6.07, 6.45) is 5.96. The predicted molar refractivity (Wildman–Crippen MR) is 81.0 cm³/mol. The van der Waals surface area contributed by atoms with Crippen molar-refractivity contribution in [2.24, 2.45) is 5.92 Å². The first-order valence-electron chi connectivity index (χ1n) is 7.72. The van der Waals surface area contributed by atoms with Gasteiger partial charge in [-0.2, -0.15) is 5.10 Å². The SMILES string of the molecule is O=C(c1ccn[nH]1)N1CC2(C1)OCC[C@H]2COc1cccnc1. The molecular weight excluding hydrogens is 296 g/mol. The highest BCUT2D eigenvalue weighted by molar-refractivity contribution is 5.93. The largest absolute Gasteiger partial charge is 0.492 e. The van der Waals surface area contributed by atoms with Crippen LogP contribution in [0.25, 0.3) is 0 Å². The van der Waals surface area contributed by atoms with E-state index in [-0.39, 0.29) is 17.4 Å². The van der Waals surface area contributed by atoms with Crippen molar-refractivity contribution in [3.8, 4) is 5.75 Å².